The van der Waals surface area contributed by atoms with Crippen molar-refractivity contribution in [1.82, 2.24) is 5.32 Å². The lowest BCUT2D eigenvalue weighted by molar-refractivity contribution is -0.121. The van der Waals surface area contributed by atoms with Crippen molar-refractivity contribution in [2.24, 2.45) is 0 Å². The quantitative estimate of drug-likeness (QED) is 0.812. The standard InChI is InChI=1S/C17H25NO5S/c1-22-15-9-8-14(12-16(15)23-2)24(20,21)11-10-17(19)18-13-6-4-3-5-7-13/h8-9,12-13H,3-7,10-11H2,1-2H3,(H,18,19). The summed E-state index contributed by atoms with van der Waals surface area (Å²) in [6.07, 6.45) is 5.37. The van der Waals surface area contributed by atoms with Crippen LogP contribution in [0, 0.1) is 0 Å². The molecule has 0 spiro atoms. The molecule has 0 aliphatic heterocycles. The van der Waals surface area contributed by atoms with Gasteiger partial charge < -0.3 is 14.8 Å². The SMILES string of the molecule is COc1ccc(S(=O)(=O)CCC(=O)NC2CCCCC2)cc1OC. The largest absolute Gasteiger partial charge is 0.493 e. The number of ether oxygens (including phenoxy) is 2. The van der Waals surface area contributed by atoms with Crippen LogP contribution in [0.1, 0.15) is 38.5 Å². The molecule has 1 N–H and O–H groups in total. The van der Waals surface area contributed by atoms with Crippen LogP contribution >= 0.6 is 0 Å². The van der Waals surface area contributed by atoms with Crippen molar-refractivity contribution in [3.8, 4) is 11.5 Å². The number of sulfone groups is 1. The van der Waals surface area contributed by atoms with Crippen LogP contribution < -0.4 is 14.8 Å². The summed E-state index contributed by atoms with van der Waals surface area (Å²) >= 11 is 0. The maximum Gasteiger partial charge on any atom is 0.221 e. The number of nitrogens with one attached hydrogen (secondary N) is 1. The number of hydrogen-bond donors (Lipinski definition) is 1. The topological polar surface area (TPSA) is 81.7 Å². The Hall–Kier alpha value is -1.76. The Morgan fingerprint density at radius 1 is 1.12 bits per heavy atom. The van der Waals surface area contributed by atoms with E-state index in [0.717, 1.165) is 25.7 Å². The first-order chi connectivity index (χ1) is 11.5. The zero-order chi connectivity index (χ0) is 17.6. The lowest BCUT2D eigenvalue weighted by Crippen LogP contribution is -2.36. The fourth-order valence-corrected chi connectivity index (χ4v) is 4.15. The van der Waals surface area contributed by atoms with Gasteiger partial charge in [0.05, 0.1) is 24.9 Å². The third kappa shape index (κ3) is 4.87. The Balaban J connectivity index is 1.96. The normalized spacial score (nSPS) is 15.8. The van der Waals surface area contributed by atoms with Crippen molar-refractivity contribution >= 4 is 15.7 Å². The van der Waals surface area contributed by atoms with Crippen LogP contribution in [0.15, 0.2) is 23.1 Å². The first-order valence-electron chi connectivity index (χ1n) is 8.20. The van der Waals surface area contributed by atoms with E-state index in [0.29, 0.717) is 11.5 Å². The zero-order valence-electron chi connectivity index (χ0n) is 14.2. The molecule has 0 saturated heterocycles. The first kappa shape index (κ1) is 18.6. The number of amides is 1. The van der Waals surface area contributed by atoms with E-state index >= 15 is 0 Å². The van der Waals surface area contributed by atoms with Gasteiger partial charge in [-0.25, -0.2) is 8.42 Å². The average Bonchev–Trinajstić information content (AvgIpc) is 2.60. The van der Waals surface area contributed by atoms with Gasteiger partial charge in [0, 0.05) is 18.5 Å². The van der Waals surface area contributed by atoms with Gasteiger partial charge in [-0.2, -0.15) is 0 Å². The van der Waals surface area contributed by atoms with E-state index in [2.05, 4.69) is 5.32 Å². The molecule has 134 valence electrons. The van der Waals surface area contributed by atoms with Gasteiger partial charge in [-0.3, -0.25) is 4.79 Å². The molecular weight excluding hydrogens is 330 g/mol. The van der Waals surface area contributed by atoms with Crippen molar-refractivity contribution in [2.45, 2.75) is 49.5 Å². The van der Waals surface area contributed by atoms with E-state index in [-0.39, 0.29) is 29.0 Å². The Kier molecular flexibility index (Phi) is 6.48. The van der Waals surface area contributed by atoms with E-state index in [1.807, 2.05) is 0 Å². The molecule has 0 radical (unpaired) electrons. The van der Waals surface area contributed by atoms with Crippen molar-refractivity contribution in [2.75, 3.05) is 20.0 Å². The van der Waals surface area contributed by atoms with Crippen LogP contribution in [0.2, 0.25) is 0 Å². The lowest BCUT2D eigenvalue weighted by Gasteiger charge is -2.22. The van der Waals surface area contributed by atoms with Gasteiger partial charge in [-0.05, 0) is 25.0 Å². The molecule has 0 aromatic heterocycles. The molecule has 1 aliphatic rings. The van der Waals surface area contributed by atoms with Crippen LogP contribution in [-0.4, -0.2) is 40.3 Å². The minimum atomic E-state index is -3.55. The van der Waals surface area contributed by atoms with Gasteiger partial charge >= 0.3 is 0 Å². The van der Waals surface area contributed by atoms with Crippen LogP contribution in [0.25, 0.3) is 0 Å². The highest BCUT2D eigenvalue weighted by molar-refractivity contribution is 7.91. The van der Waals surface area contributed by atoms with E-state index < -0.39 is 9.84 Å². The second-order valence-corrected chi connectivity index (χ2v) is 8.10. The van der Waals surface area contributed by atoms with Crippen LogP contribution in [0.4, 0.5) is 0 Å². The third-order valence-electron chi connectivity index (χ3n) is 4.28. The molecule has 0 bridgehead atoms. The van der Waals surface area contributed by atoms with Crippen LogP contribution in [0.5, 0.6) is 11.5 Å². The van der Waals surface area contributed by atoms with Gasteiger partial charge in [-0.1, -0.05) is 19.3 Å². The van der Waals surface area contributed by atoms with Gasteiger partial charge in [0.15, 0.2) is 21.3 Å². The van der Waals surface area contributed by atoms with E-state index in [9.17, 15) is 13.2 Å². The van der Waals surface area contributed by atoms with E-state index in [1.165, 1.54) is 32.8 Å². The monoisotopic (exact) mass is 355 g/mol. The van der Waals surface area contributed by atoms with E-state index in [4.69, 9.17) is 9.47 Å². The fourth-order valence-electron chi connectivity index (χ4n) is 2.90. The highest BCUT2D eigenvalue weighted by Crippen LogP contribution is 2.30. The smallest absolute Gasteiger partial charge is 0.221 e. The molecule has 6 nitrogen and oxygen atoms in total. The van der Waals surface area contributed by atoms with Crippen LogP contribution in [-0.2, 0) is 14.6 Å². The summed E-state index contributed by atoms with van der Waals surface area (Å²) in [7, 11) is -0.612. The summed E-state index contributed by atoms with van der Waals surface area (Å²) in [5, 5.41) is 2.94. The zero-order valence-corrected chi connectivity index (χ0v) is 15.0. The molecule has 0 heterocycles. The summed E-state index contributed by atoms with van der Waals surface area (Å²) in [4.78, 5) is 12.1. The summed E-state index contributed by atoms with van der Waals surface area (Å²) < 4.78 is 35.1. The minimum Gasteiger partial charge on any atom is -0.493 e. The van der Waals surface area contributed by atoms with Crippen molar-refractivity contribution in [3.63, 3.8) is 0 Å². The van der Waals surface area contributed by atoms with Gasteiger partial charge in [0.1, 0.15) is 0 Å². The highest BCUT2D eigenvalue weighted by atomic mass is 32.2. The molecule has 1 saturated carbocycles. The average molecular weight is 355 g/mol. The summed E-state index contributed by atoms with van der Waals surface area (Å²) in [6.45, 7) is 0. The van der Waals surface area contributed by atoms with Gasteiger partial charge in [-0.15, -0.1) is 0 Å². The molecule has 1 fully saturated rings. The number of benzene rings is 1. The van der Waals surface area contributed by atoms with Gasteiger partial charge in [0.25, 0.3) is 0 Å². The van der Waals surface area contributed by atoms with Gasteiger partial charge in [0.2, 0.25) is 5.91 Å². The molecule has 0 unspecified atom stereocenters. The molecule has 0 atom stereocenters. The Morgan fingerprint density at radius 2 is 1.79 bits per heavy atom. The molecule has 1 aliphatic carbocycles. The molecule has 1 amide bonds. The van der Waals surface area contributed by atoms with E-state index in [1.54, 1.807) is 6.07 Å². The second-order valence-electron chi connectivity index (χ2n) is 5.99. The molecule has 7 heteroatoms. The Bertz CT molecular complexity index is 666. The number of carbonyl (C=O) groups excluding carboxylic acids is 1. The predicted molar refractivity (Wildman–Crippen MR) is 91.2 cm³/mol. The summed E-state index contributed by atoms with van der Waals surface area (Å²) in [5.74, 6) is 0.392. The van der Waals surface area contributed by atoms with Crippen molar-refractivity contribution in [3.05, 3.63) is 18.2 Å². The maximum atomic E-state index is 12.4. The van der Waals surface area contributed by atoms with Crippen LogP contribution in [0.3, 0.4) is 0 Å². The summed E-state index contributed by atoms with van der Waals surface area (Å²) in [5.41, 5.74) is 0. The predicted octanol–water partition coefficient (Wildman–Crippen LogP) is 2.32. The molecule has 24 heavy (non-hydrogen) atoms. The lowest BCUT2D eigenvalue weighted by atomic mass is 9.95. The molecule has 2 rings (SSSR count). The first-order valence-corrected chi connectivity index (χ1v) is 9.85. The fraction of sp³-hybridized carbons (Fsp3) is 0.588. The Labute approximate surface area is 143 Å². The number of rotatable bonds is 7. The molecule has 1 aromatic carbocycles. The molecule has 1 aromatic rings. The highest BCUT2D eigenvalue weighted by Gasteiger charge is 2.21. The molecular formula is C17H25NO5S. The second kappa shape index (κ2) is 8.37. The third-order valence-corrected chi connectivity index (χ3v) is 6.00. The van der Waals surface area contributed by atoms with Crippen molar-refractivity contribution < 1.29 is 22.7 Å². The number of hydrogen-bond acceptors (Lipinski definition) is 5. The minimum absolute atomic E-state index is 0.0345. The number of methoxy groups -OCH3 is 2. The van der Waals surface area contributed by atoms with Crippen molar-refractivity contribution in [1.29, 1.82) is 0 Å². The Morgan fingerprint density at radius 3 is 2.42 bits per heavy atom. The number of carbonyl (C=O) groups is 1. The summed E-state index contributed by atoms with van der Waals surface area (Å²) in [6, 6.07) is 4.63. The maximum absolute atomic E-state index is 12.4.